The zero-order valence-electron chi connectivity index (χ0n) is 12.3. The van der Waals surface area contributed by atoms with E-state index in [2.05, 4.69) is 24.5 Å². The molecule has 0 aromatic heterocycles. The van der Waals surface area contributed by atoms with E-state index < -0.39 is 0 Å². The minimum absolute atomic E-state index is 0.00602. The number of aliphatic hydroxyl groups is 1. The Balaban J connectivity index is 2.31. The van der Waals surface area contributed by atoms with Crippen LogP contribution >= 0.6 is 0 Å². The first-order valence-electron chi connectivity index (χ1n) is 7.31. The van der Waals surface area contributed by atoms with Crippen LogP contribution in [0, 0.1) is 11.8 Å². The van der Waals surface area contributed by atoms with Gasteiger partial charge in [0.1, 0.15) is 0 Å². The lowest BCUT2D eigenvalue weighted by Gasteiger charge is -2.34. The Bertz CT molecular complexity index is 271. The molecule has 1 heterocycles. The molecule has 0 aliphatic carbocycles. The quantitative estimate of drug-likeness (QED) is 0.686. The molecule has 5 nitrogen and oxygen atoms in total. The number of carbonyl (C=O) groups is 1. The van der Waals surface area contributed by atoms with Gasteiger partial charge in [0, 0.05) is 31.7 Å². The van der Waals surface area contributed by atoms with Crippen molar-refractivity contribution in [1.29, 1.82) is 0 Å². The maximum Gasteiger partial charge on any atom is 0.315 e. The van der Waals surface area contributed by atoms with Crippen LogP contribution in [0.5, 0.6) is 0 Å². The topological polar surface area (TPSA) is 70.6 Å². The van der Waals surface area contributed by atoms with Crippen LogP contribution < -0.4 is 10.6 Å². The Hall–Kier alpha value is -0.810. The number of aliphatic hydroxyl groups excluding tert-OH is 1. The largest absolute Gasteiger partial charge is 0.396 e. The molecule has 1 fully saturated rings. The van der Waals surface area contributed by atoms with Crippen LogP contribution in [0.15, 0.2) is 0 Å². The average molecular weight is 272 g/mol. The molecule has 0 aromatic rings. The van der Waals surface area contributed by atoms with Crippen molar-refractivity contribution in [3.05, 3.63) is 0 Å². The van der Waals surface area contributed by atoms with Crippen molar-refractivity contribution in [2.24, 2.45) is 11.8 Å². The second kappa shape index (κ2) is 8.38. The van der Waals surface area contributed by atoms with Crippen LogP contribution in [0.2, 0.25) is 0 Å². The van der Waals surface area contributed by atoms with E-state index >= 15 is 0 Å². The molecule has 2 amide bonds. The molecule has 2 unspecified atom stereocenters. The molecule has 1 saturated heterocycles. The summed E-state index contributed by atoms with van der Waals surface area (Å²) in [5, 5.41) is 14.5. The zero-order valence-corrected chi connectivity index (χ0v) is 12.3. The van der Waals surface area contributed by atoms with Crippen LogP contribution in [-0.4, -0.2) is 43.0 Å². The number of urea groups is 1. The van der Waals surface area contributed by atoms with Gasteiger partial charge in [-0.1, -0.05) is 13.8 Å². The third-order valence-electron chi connectivity index (χ3n) is 3.62. The standard InChI is InChI=1S/C14H28N2O3/c1-10(2)13-12(5-4-8-19-13)9-15-14(18)16-11(3)6-7-17/h10-13,17H,4-9H2,1-3H3,(H2,15,16,18)/t11-,12?,13?/m1/s1. The molecule has 1 aliphatic rings. The smallest absolute Gasteiger partial charge is 0.315 e. The molecule has 0 saturated carbocycles. The summed E-state index contributed by atoms with van der Waals surface area (Å²) in [4.78, 5) is 11.7. The van der Waals surface area contributed by atoms with E-state index in [1.54, 1.807) is 0 Å². The minimum Gasteiger partial charge on any atom is -0.396 e. The summed E-state index contributed by atoms with van der Waals surface area (Å²) in [5.41, 5.74) is 0. The first-order chi connectivity index (χ1) is 9.04. The Labute approximate surface area is 116 Å². The number of rotatable bonds is 6. The summed E-state index contributed by atoms with van der Waals surface area (Å²) in [5.74, 6) is 0.871. The number of hydrogen-bond donors (Lipinski definition) is 3. The number of carbonyl (C=O) groups excluding carboxylic acids is 1. The van der Waals surface area contributed by atoms with Crippen LogP contribution in [0.3, 0.4) is 0 Å². The van der Waals surface area contributed by atoms with E-state index in [1.165, 1.54) is 0 Å². The molecule has 0 spiro atoms. The van der Waals surface area contributed by atoms with Gasteiger partial charge in [0.2, 0.25) is 0 Å². The number of ether oxygens (including phenoxy) is 1. The van der Waals surface area contributed by atoms with Gasteiger partial charge < -0.3 is 20.5 Å². The molecule has 1 rings (SSSR count). The molecular weight excluding hydrogens is 244 g/mol. The summed E-state index contributed by atoms with van der Waals surface area (Å²) in [6.45, 7) is 7.78. The second-order valence-electron chi connectivity index (χ2n) is 5.75. The Morgan fingerprint density at radius 3 is 2.79 bits per heavy atom. The van der Waals surface area contributed by atoms with Crippen molar-refractivity contribution in [3.63, 3.8) is 0 Å². The van der Waals surface area contributed by atoms with Crippen molar-refractivity contribution in [2.45, 2.75) is 52.2 Å². The molecule has 3 N–H and O–H groups in total. The van der Waals surface area contributed by atoms with Gasteiger partial charge in [-0.15, -0.1) is 0 Å². The van der Waals surface area contributed by atoms with Gasteiger partial charge >= 0.3 is 6.03 Å². The van der Waals surface area contributed by atoms with E-state index in [-0.39, 0.29) is 24.8 Å². The highest BCUT2D eigenvalue weighted by Crippen LogP contribution is 2.25. The van der Waals surface area contributed by atoms with Crippen LogP contribution in [0.4, 0.5) is 4.79 Å². The van der Waals surface area contributed by atoms with Gasteiger partial charge in [0.15, 0.2) is 0 Å². The lowest BCUT2D eigenvalue weighted by atomic mass is 9.87. The maximum absolute atomic E-state index is 11.7. The number of amides is 2. The zero-order chi connectivity index (χ0) is 14.3. The van der Waals surface area contributed by atoms with Crippen LogP contribution in [0.25, 0.3) is 0 Å². The van der Waals surface area contributed by atoms with Gasteiger partial charge in [0.05, 0.1) is 6.10 Å². The fourth-order valence-electron chi connectivity index (χ4n) is 2.58. The van der Waals surface area contributed by atoms with Gasteiger partial charge in [0.25, 0.3) is 0 Å². The highest BCUT2D eigenvalue weighted by Gasteiger charge is 2.28. The molecule has 0 radical (unpaired) electrons. The number of hydrogen-bond acceptors (Lipinski definition) is 3. The molecule has 19 heavy (non-hydrogen) atoms. The molecular formula is C14H28N2O3. The molecule has 112 valence electrons. The van der Waals surface area contributed by atoms with Crippen molar-refractivity contribution in [3.8, 4) is 0 Å². The summed E-state index contributed by atoms with van der Waals surface area (Å²) in [7, 11) is 0. The molecule has 5 heteroatoms. The van der Waals surface area contributed by atoms with E-state index in [4.69, 9.17) is 9.84 Å². The SMILES string of the molecule is CC(C)C1OCCCC1CNC(=O)N[C@H](C)CCO. The lowest BCUT2D eigenvalue weighted by molar-refractivity contribution is -0.0508. The average Bonchev–Trinajstić information content (AvgIpc) is 2.36. The normalized spacial score (nSPS) is 25.1. The van der Waals surface area contributed by atoms with Gasteiger partial charge in [-0.2, -0.15) is 0 Å². The van der Waals surface area contributed by atoms with E-state index in [0.29, 0.717) is 24.8 Å². The summed E-state index contributed by atoms with van der Waals surface area (Å²) in [6.07, 6.45) is 2.99. The Morgan fingerprint density at radius 2 is 2.16 bits per heavy atom. The third kappa shape index (κ3) is 5.78. The summed E-state index contributed by atoms with van der Waals surface area (Å²) >= 11 is 0. The van der Waals surface area contributed by atoms with Gasteiger partial charge in [-0.3, -0.25) is 0 Å². The van der Waals surface area contributed by atoms with Gasteiger partial charge in [-0.05, 0) is 32.1 Å². The van der Waals surface area contributed by atoms with Crippen LogP contribution in [-0.2, 0) is 4.74 Å². The van der Waals surface area contributed by atoms with Crippen molar-refractivity contribution >= 4 is 6.03 Å². The highest BCUT2D eigenvalue weighted by molar-refractivity contribution is 5.74. The molecule has 0 bridgehead atoms. The first kappa shape index (κ1) is 16.2. The van der Waals surface area contributed by atoms with E-state index in [9.17, 15) is 4.79 Å². The molecule has 3 atom stereocenters. The fraction of sp³-hybridized carbons (Fsp3) is 0.929. The predicted molar refractivity (Wildman–Crippen MR) is 75.0 cm³/mol. The highest BCUT2D eigenvalue weighted by atomic mass is 16.5. The van der Waals surface area contributed by atoms with Crippen molar-refractivity contribution in [1.82, 2.24) is 10.6 Å². The fourth-order valence-corrected chi connectivity index (χ4v) is 2.58. The van der Waals surface area contributed by atoms with Gasteiger partial charge in [-0.25, -0.2) is 4.79 Å². The predicted octanol–water partition coefficient (Wildman–Crippen LogP) is 1.51. The summed E-state index contributed by atoms with van der Waals surface area (Å²) in [6, 6.07) is -0.164. The monoisotopic (exact) mass is 272 g/mol. The Kier molecular flexibility index (Phi) is 7.16. The molecule has 1 aliphatic heterocycles. The van der Waals surface area contributed by atoms with Crippen molar-refractivity contribution < 1.29 is 14.6 Å². The first-order valence-corrected chi connectivity index (χ1v) is 7.31. The van der Waals surface area contributed by atoms with E-state index in [1.807, 2.05) is 6.92 Å². The third-order valence-corrected chi connectivity index (χ3v) is 3.62. The van der Waals surface area contributed by atoms with Crippen LogP contribution in [0.1, 0.15) is 40.0 Å². The van der Waals surface area contributed by atoms with E-state index in [0.717, 1.165) is 19.4 Å². The lowest BCUT2D eigenvalue weighted by Crippen LogP contribution is -2.46. The molecule has 0 aromatic carbocycles. The summed E-state index contributed by atoms with van der Waals surface area (Å²) < 4.78 is 5.80. The number of nitrogens with one attached hydrogen (secondary N) is 2. The second-order valence-corrected chi connectivity index (χ2v) is 5.75. The Morgan fingerprint density at radius 1 is 1.42 bits per heavy atom. The van der Waals surface area contributed by atoms with Crippen molar-refractivity contribution in [2.75, 3.05) is 19.8 Å². The minimum atomic E-state index is -0.158. The maximum atomic E-state index is 11.7.